The number of unbranched alkanes of at least 4 members (excludes halogenated alkanes) is 1. The molecule has 0 saturated heterocycles. The first-order valence-corrected chi connectivity index (χ1v) is 6.33. The Morgan fingerprint density at radius 3 is 2.61 bits per heavy atom. The minimum Gasteiger partial charge on any atom is -0.481 e. The molecule has 0 fully saturated rings. The van der Waals surface area contributed by atoms with E-state index in [9.17, 15) is 4.79 Å². The maximum absolute atomic E-state index is 10.3. The van der Waals surface area contributed by atoms with Crippen molar-refractivity contribution in [2.75, 3.05) is 13.2 Å². The molecule has 6 nitrogen and oxygen atoms in total. The minimum absolute atomic E-state index is 0.186. The van der Waals surface area contributed by atoms with Crippen molar-refractivity contribution in [1.82, 2.24) is 10.2 Å². The average molecular weight is 256 g/mol. The molecule has 0 aliphatic heterocycles. The summed E-state index contributed by atoms with van der Waals surface area (Å²) in [5.41, 5.74) is 0. The van der Waals surface area contributed by atoms with Crippen LogP contribution in [0.3, 0.4) is 0 Å². The number of rotatable bonds is 10. The molecule has 102 valence electrons. The lowest BCUT2D eigenvalue weighted by Gasteiger charge is -1.98. The standard InChI is InChI=1S/C12H20N2O4/c1-2-8-17-9-7-11-14-13-10(18-11)5-3-4-6-12(15)16/h2-9H2,1H3,(H,15,16). The average Bonchev–Trinajstić information content (AvgIpc) is 2.78. The van der Waals surface area contributed by atoms with Crippen LogP contribution in [0, 0.1) is 0 Å². The Hall–Kier alpha value is -1.43. The topological polar surface area (TPSA) is 85.5 Å². The van der Waals surface area contributed by atoms with Crippen LogP contribution in [0.25, 0.3) is 0 Å². The predicted octanol–water partition coefficient (Wildman–Crippen LogP) is 1.84. The molecule has 0 spiro atoms. The molecular weight excluding hydrogens is 236 g/mol. The molecule has 0 bridgehead atoms. The number of aromatic nitrogens is 2. The second-order valence-electron chi connectivity index (χ2n) is 4.05. The molecule has 0 aromatic carbocycles. The molecule has 1 aromatic heterocycles. The molecule has 0 aliphatic rings. The molecule has 1 rings (SSSR count). The number of carbonyl (C=O) groups is 1. The summed E-state index contributed by atoms with van der Waals surface area (Å²) >= 11 is 0. The van der Waals surface area contributed by atoms with E-state index in [-0.39, 0.29) is 6.42 Å². The zero-order valence-electron chi connectivity index (χ0n) is 10.7. The van der Waals surface area contributed by atoms with Gasteiger partial charge in [0.25, 0.3) is 0 Å². The van der Waals surface area contributed by atoms with Gasteiger partial charge in [0, 0.05) is 25.9 Å². The fourth-order valence-electron chi connectivity index (χ4n) is 1.45. The highest BCUT2D eigenvalue weighted by molar-refractivity contribution is 5.66. The fraction of sp³-hybridized carbons (Fsp3) is 0.750. The maximum atomic E-state index is 10.3. The minimum atomic E-state index is -0.769. The van der Waals surface area contributed by atoms with Crippen LogP contribution >= 0.6 is 0 Å². The van der Waals surface area contributed by atoms with E-state index < -0.39 is 5.97 Å². The predicted molar refractivity (Wildman–Crippen MR) is 64.3 cm³/mol. The van der Waals surface area contributed by atoms with E-state index in [2.05, 4.69) is 17.1 Å². The molecule has 0 saturated carbocycles. The maximum Gasteiger partial charge on any atom is 0.303 e. The van der Waals surface area contributed by atoms with Gasteiger partial charge in [-0.25, -0.2) is 0 Å². The van der Waals surface area contributed by atoms with E-state index in [1.165, 1.54) is 0 Å². The van der Waals surface area contributed by atoms with Gasteiger partial charge in [-0.1, -0.05) is 6.92 Å². The molecular formula is C12H20N2O4. The van der Waals surface area contributed by atoms with Gasteiger partial charge in [-0.2, -0.15) is 0 Å². The van der Waals surface area contributed by atoms with Crippen molar-refractivity contribution >= 4 is 5.97 Å². The summed E-state index contributed by atoms with van der Waals surface area (Å²) in [6.45, 7) is 3.40. The highest BCUT2D eigenvalue weighted by Crippen LogP contribution is 2.06. The summed E-state index contributed by atoms with van der Waals surface area (Å²) < 4.78 is 10.7. The van der Waals surface area contributed by atoms with Crippen LogP contribution in [0.4, 0.5) is 0 Å². The zero-order valence-corrected chi connectivity index (χ0v) is 10.7. The SMILES string of the molecule is CCCOCCc1nnc(CCCCC(=O)O)o1. The first-order chi connectivity index (χ1) is 8.72. The lowest BCUT2D eigenvalue weighted by Crippen LogP contribution is -1.99. The zero-order chi connectivity index (χ0) is 13.2. The van der Waals surface area contributed by atoms with E-state index in [1.807, 2.05) is 0 Å². The van der Waals surface area contributed by atoms with Crippen LogP contribution in [0.15, 0.2) is 4.42 Å². The first-order valence-electron chi connectivity index (χ1n) is 6.33. The number of carboxylic acids is 1. The Balaban J connectivity index is 2.15. The van der Waals surface area contributed by atoms with Crippen molar-refractivity contribution in [2.24, 2.45) is 0 Å². The van der Waals surface area contributed by atoms with E-state index in [0.717, 1.165) is 19.4 Å². The van der Waals surface area contributed by atoms with Gasteiger partial charge in [0.2, 0.25) is 11.8 Å². The van der Waals surface area contributed by atoms with E-state index in [4.69, 9.17) is 14.3 Å². The Labute approximate surface area is 106 Å². The van der Waals surface area contributed by atoms with Gasteiger partial charge in [0.15, 0.2) is 0 Å². The highest BCUT2D eigenvalue weighted by Gasteiger charge is 2.06. The van der Waals surface area contributed by atoms with Crippen LogP contribution < -0.4 is 0 Å². The fourth-order valence-corrected chi connectivity index (χ4v) is 1.45. The summed E-state index contributed by atoms with van der Waals surface area (Å²) in [4.78, 5) is 10.3. The molecule has 18 heavy (non-hydrogen) atoms. The number of aryl methyl sites for hydroxylation is 1. The van der Waals surface area contributed by atoms with Crippen molar-refractivity contribution in [2.45, 2.75) is 45.4 Å². The number of ether oxygens (including phenoxy) is 1. The Morgan fingerprint density at radius 2 is 1.94 bits per heavy atom. The molecule has 1 aromatic rings. The summed E-state index contributed by atoms with van der Waals surface area (Å²) in [5.74, 6) is 0.388. The molecule has 1 heterocycles. The number of hydrogen-bond acceptors (Lipinski definition) is 5. The van der Waals surface area contributed by atoms with Crippen LogP contribution in [0.5, 0.6) is 0 Å². The molecule has 0 amide bonds. The number of aliphatic carboxylic acids is 1. The Kier molecular flexibility index (Phi) is 7.01. The van der Waals surface area contributed by atoms with Gasteiger partial charge in [-0.15, -0.1) is 10.2 Å². The van der Waals surface area contributed by atoms with Gasteiger partial charge in [-0.3, -0.25) is 4.79 Å². The van der Waals surface area contributed by atoms with E-state index >= 15 is 0 Å². The van der Waals surface area contributed by atoms with Crippen molar-refractivity contribution in [3.8, 4) is 0 Å². The smallest absolute Gasteiger partial charge is 0.303 e. The molecule has 0 atom stereocenters. The molecule has 6 heteroatoms. The second kappa shape index (κ2) is 8.63. The highest BCUT2D eigenvalue weighted by atomic mass is 16.5. The first kappa shape index (κ1) is 14.6. The quantitative estimate of drug-likeness (QED) is 0.643. The van der Waals surface area contributed by atoms with E-state index in [0.29, 0.717) is 37.7 Å². The van der Waals surface area contributed by atoms with Crippen molar-refractivity contribution < 1.29 is 19.1 Å². The number of nitrogens with zero attached hydrogens (tertiary/aromatic N) is 2. The third-order valence-electron chi connectivity index (χ3n) is 2.35. The largest absolute Gasteiger partial charge is 0.481 e. The van der Waals surface area contributed by atoms with E-state index in [1.54, 1.807) is 0 Å². The Bertz CT molecular complexity index is 352. The second-order valence-corrected chi connectivity index (χ2v) is 4.05. The van der Waals surface area contributed by atoms with Crippen LogP contribution in [0.1, 0.15) is 44.4 Å². The van der Waals surface area contributed by atoms with Crippen LogP contribution in [-0.4, -0.2) is 34.5 Å². The Morgan fingerprint density at radius 1 is 1.22 bits per heavy atom. The van der Waals surface area contributed by atoms with Crippen molar-refractivity contribution in [1.29, 1.82) is 0 Å². The van der Waals surface area contributed by atoms with Crippen molar-refractivity contribution in [3.05, 3.63) is 11.8 Å². The molecule has 0 radical (unpaired) electrons. The van der Waals surface area contributed by atoms with Crippen LogP contribution in [-0.2, 0) is 22.4 Å². The normalized spacial score (nSPS) is 10.7. The number of carboxylic acid groups (broad SMARTS) is 1. The lowest BCUT2D eigenvalue weighted by molar-refractivity contribution is -0.137. The third-order valence-corrected chi connectivity index (χ3v) is 2.35. The van der Waals surface area contributed by atoms with Gasteiger partial charge >= 0.3 is 5.97 Å². The van der Waals surface area contributed by atoms with Gasteiger partial charge in [0.1, 0.15) is 0 Å². The number of hydrogen-bond donors (Lipinski definition) is 1. The summed E-state index contributed by atoms with van der Waals surface area (Å²) in [6, 6.07) is 0. The third kappa shape index (κ3) is 6.34. The van der Waals surface area contributed by atoms with Crippen molar-refractivity contribution in [3.63, 3.8) is 0 Å². The molecule has 1 N–H and O–H groups in total. The summed E-state index contributed by atoms with van der Waals surface area (Å²) in [6.07, 6.45) is 3.83. The summed E-state index contributed by atoms with van der Waals surface area (Å²) in [5, 5.41) is 16.3. The van der Waals surface area contributed by atoms with Gasteiger partial charge in [-0.05, 0) is 19.3 Å². The monoisotopic (exact) mass is 256 g/mol. The summed E-state index contributed by atoms with van der Waals surface area (Å²) in [7, 11) is 0. The van der Waals surface area contributed by atoms with Gasteiger partial charge < -0.3 is 14.3 Å². The van der Waals surface area contributed by atoms with Crippen LogP contribution in [0.2, 0.25) is 0 Å². The molecule has 0 aliphatic carbocycles. The van der Waals surface area contributed by atoms with Gasteiger partial charge in [0.05, 0.1) is 6.61 Å². The molecule has 0 unspecified atom stereocenters. The lowest BCUT2D eigenvalue weighted by atomic mass is 10.2.